The highest BCUT2D eigenvalue weighted by Crippen LogP contribution is 2.13. The van der Waals surface area contributed by atoms with E-state index in [2.05, 4.69) is 0 Å². The van der Waals surface area contributed by atoms with Crippen LogP contribution in [0, 0.1) is 11.3 Å². The summed E-state index contributed by atoms with van der Waals surface area (Å²) in [6.45, 7) is 0.236. The summed E-state index contributed by atoms with van der Waals surface area (Å²) in [4.78, 5) is 0. The predicted molar refractivity (Wildman–Crippen MR) is 71.8 cm³/mol. The van der Waals surface area contributed by atoms with Gasteiger partial charge in [0.25, 0.3) is 0 Å². The summed E-state index contributed by atoms with van der Waals surface area (Å²) in [6, 6.07) is 15.7. The van der Waals surface area contributed by atoms with Crippen molar-refractivity contribution < 1.29 is 14.8 Å². The monoisotopic (exact) mass is 253 g/mol. The molecule has 0 unspecified atom stereocenters. The summed E-state index contributed by atoms with van der Waals surface area (Å²) in [5.74, 6) is 0.626. The molecular weight excluding hydrogens is 241 g/mol. The van der Waals surface area contributed by atoms with Gasteiger partial charge in [0, 0.05) is 0 Å². The Hall–Kier alpha value is -2.29. The largest absolute Gasteiger partial charge is 0.489 e. The Morgan fingerprint density at radius 3 is 2.37 bits per heavy atom. The summed E-state index contributed by atoms with van der Waals surface area (Å²) in [5.41, 5.74) is 1.71. The molecule has 2 aromatic rings. The van der Waals surface area contributed by atoms with E-state index in [1.165, 1.54) is 0 Å². The maximum absolute atomic E-state index is 9.23. The van der Waals surface area contributed by atoms with Crippen molar-refractivity contribution in [2.45, 2.75) is 6.61 Å². The minimum Gasteiger partial charge on any atom is -0.489 e. The SMILES string of the molecule is N#Cc1ccc(OCc2ccccc2B(O)O)cc1. The number of hydrogen-bond donors (Lipinski definition) is 2. The molecule has 0 spiro atoms. The lowest BCUT2D eigenvalue weighted by molar-refractivity contribution is 0.306. The molecule has 0 saturated heterocycles. The quantitative estimate of drug-likeness (QED) is 0.791. The van der Waals surface area contributed by atoms with Crippen molar-refractivity contribution in [1.29, 1.82) is 5.26 Å². The zero-order valence-electron chi connectivity index (χ0n) is 10.2. The van der Waals surface area contributed by atoms with E-state index in [0.29, 0.717) is 22.3 Å². The molecule has 0 heterocycles. The van der Waals surface area contributed by atoms with Crippen molar-refractivity contribution in [3.05, 3.63) is 59.7 Å². The molecule has 0 atom stereocenters. The molecule has 0 aromatic heterocycles. The highest BCUT2D eigenvalue weighted by atomic mass is 16.5. The topological polar surface area (TPSA) is 73.5 Å². The zero-order valence-corrected chi connectivity index (χ0v) is 10.2. The summed E-state index contributed by atoms with van der Waals surface area (Å²) >= 11 is 0. The van der Waals surface area contributed by atoms with E-state index in [9.17, 15) is 10.0 Å². The Morgan fingerprint density at radius 1 is 1.05 bits per heavy atom. The van der Waals surface area contributed by atoms with Crippen molar-refractivity contribution in [3.8, 4) is 11.8 Å². The van der Waals surface area contributed by atoms with Crippen LogP contribution < -0.4 is 10.2 Å². The van der Waals surface area contributed by atoms with Gasteiger partial charge in [0.1, 0.15) is 12.4 Å². The van der Waals surface area contributed by atoms with Gasteiger partial charge in [-0.1, -0.05) is 24.3 Å². The van der Waals surface area contributed by atoms with Gasteiger partial charge in [-0.3, -0.25) is 0 Å². The van der Waals surface area contributed by atoms with Gasteiger partial charge < -0.3 is 14.8 Å². The van der Waals surface area contributed by atoms with Crippen LogP contribution in [0.25, 0.3) is 0 Å². The van der Waals surface area contributed by atoms with E-state index in [-0.39, 0.29) is 6.61 Å². The molecule has 2 rings (SSSR count). The minimum atomic E-state index is -1.51. The number of nitrogens with zero attached hydrogens (tertiary/aromatic N) is 1. The fourth-order valence-corrected chi connectivity index (χ4v) is 1.70. The van der Waals surface area contributed by atoms with Crippen LogP contribution in [0.4, 0.5) is 0 Å². The van der Waals surface area contributed by atoms with E-state index in [1.807, 2.05) is 12.1 Å². The molecule has 5 heteroatoms. The summed E-state index contributed by atoms with van der Waals surface area (Å²) in [7, 11) is -1.51. The first-order chi connectivity index (χ1) is 9.20. The minimum absolute atomic E-state index is 0.236. The van der Waals surface area contributed by atoms with E-state index >= 15 is 0 Å². The average Bonchev–Trinajstić information content (AvgIpc) is 2.46. The van der Waals surface area contributed by atoms with Gasteiger partial charge in [-0.05, 0) is 35.3 Å². The number of ether oxygens (including phenoxy) is 1. The van der Waals surface area contributed by atoms with Crippen molar-refractivity contribution in [1.82, 2.24) is 0 Å². The first-order valence-electron chi connectivity index (χ1n) is 5.77. The maximum atomic E-state index is 9.23. The third-order valence-electron chi connectivity index (χ3n) is 2.71. The second-order valence-electron chi connectivity index (χ2n) is 4.00. The Balaban J connectivity index is 2.08. The third kappa shape index (κ3) is 3.35. The molecule has 19 heavy (non-hydrogen) atoms. The van der Waals surface area contributed by atoms with E-state index in [4.69, 9.17) is 10.00 Å². The second-order valence-corrected chi connectivity index (χ2v) is 4.00. The van der Waals surface area contributed by atoms with E-state index in [1.54, 1.807) is 42.5 Å². The molecule has 0 radical (unpaired) electrons. The molecule has 0 aliphatic heterocycles. The molecule has 0 fully saturated rings. The Bertz CT molecular complexity index is 590. The van der Waals surface area contributed by atoms with Crippen molar-refractivity contribution in [3.63, 3.8) is 0 Å². The number of rotatable bonds is 4. The van der Waals surface area contributed by atoms with Gasteiger partial charge in [-0.15, -0.1) is 0 Å². The van der Waals surface area contributed by atoms with Crippen LogP contribution in [-0.4, -0.2) is 17.2 Å². The normalized spacial score (nSPS) is 9.74. The van der Waals surface area contributed by atoms with E-state index in [0.717, 1.165) is 0 Å². The van der Waals surface area contributed by atoms with E-state index < -0.39 is 7.12 Å². The Kier molecular flexibility index (Phi) is 4.19. The molecule has 0 amide bonds. The maximum Gasteiger partial charge on any atom is 0.488 e. The molecule has 0 saturated carbocycles. The highest BCUT2D eigenvalue weighted by Gasteiger charge is 2.15. The van der Waals surface area contributed by atoms with Crippen molar-refractivity contribution >= 4 is 12.6 Å². The number of benzene rings is 2. The van der Waals surface area contributed by atoms with Gasteiger partial charge in [0.05, 0.1) is 11.6 Å². The Labute approximate surface area is 111 Å². The highest BCUT2D eigenvalue weighted by molar-refractivity contribution is 6.59. The summed E-state index contributed by atoms with van der Waals surface area (Å²) < 4.78 is 5.55. The Morgan fingerprint density at radius 2 is 1.74 bits per heavy atom. The van der Waals surface area contributed by atoms with Crippen LogP contribution in [0.5, 0.6) is 5.75 Å². The molecule has 4 nitrogen and oxygen atoms in total. The smallest absolute Gasteiger partial charge is 0.488 e. The molecule has 2 aromatic carbocycles. The van der Waals surface area contributed by atoms with Crippen LogP contribution >= 0.6 is 0 Å². The summed E-state index contributed by atoms with van der Waals surface area (Å²) in [6.07, 6.45) is 0. The fraction of sp³-hybridized carbons (Fsp3) is 0.0714. The lowest BCUT2D eigenvalue weighted by Crippen LogP contribution is -2.33. The van der Waals surface area contributed by atoms with Gasteiger partial charge in [0.15, 0.2) is 0 Å². The standard InChI is InChI=1S/C14H12BNO3/c16-9-11-5-7-13(8-6-11)19-10-12-3-1-2-4-14(12)15(17)18/h1-8,17-18H,10H2. The lowest BCUT2D eigenvalue weighted by Gasteiger charge is -2.10. The predicted octanol–water partition coefficient (Wildman–Crippen LogP) is 0.817. The number of nitriles is 1. The zero-order chi connectivity index (χ0) is 13.7. The first-order valence-corrected chi connectivity index (χ1v) is 5.77. The van der Waals surface area contributed by atoms with Crippen LogP contribution in [0.2, 0.25) is 0 Å². The second kappa shape index (κ2) is 6.05. The fourth-order valence-electron chi connectivity index (χ4n) is 1.70. The van der Waals surface area contributed by atoms with Crippen LogP contribution in [0.1, 0.15) is 11.1 Å². The lowest BCUT2D eigenvalue weighted by atomic mass is 9.77. The van der Waals surface area contributed by atoms with Gasteiger partial charge in [-0.2, -0.15) is 5.26 Å². The van der Waals surface area contributed by atoms with Crippen molar-refractivity contribution in [2.75, 3.05) is 0 Å². The number of hydrogen-bond acceptors (Lipinski definition) is 4. The third-order valence-corrected chi connectivity index (χ3v) is 2.71. The van der Waals surface area contributed by atoms with Gasteiger partial charge in [-0.25, -0.2) is 0 Å². The molecule has 2 N–H and O–H groups in total. The van der Waals surface area contributed by atoms with Crippen LogP contribution in [0.3, 0.4) is 0 Å². The van der Waals surface area contributed by atoms with Gasteiger partial charge >= 0.3 is 7.12 Å². The molecule has 94 valence electrons. The molecular formula is C14H12BNO3. The van der Waals surface area contributed by atoms with Crippen LogP contribution in [-0.2, 0) is 6.61 Å². The molecule has 0 bridgehead atoms. The average molecular weight is 253 g/mol. The van der Waals surface area contributed by atoms with Crippen LogP contribution in [0.15, 0.2) is 48.5 Å². The van der Waals surface area contributed by atoms with Crippen molar-refractivity contribution in [2.24, 2.45) is 0 Å². The van der Waals surface area contributed by atoms with Gasteiger partial charge in [0.2, 0.25) is 0 Å². The summed E-state index contributed by atoms with van der Waals surface area (Å²) in [5, 5.41) is 27.2. The first kappa shape index (κ1) is 13.2. The molecule has 0 aliphatic carbocycles. The molecule has 0 aliphatic rings.